The number of morpholine rings is 1. The van der Waals surface area contributed by atoms with Crippen molar-refractivity contribution in [3.8, 4) is 0 Å². The molecular formula is C17H21N5O2. The van der Waals surface area contributed by atoms with Crippen LogP contribution in [0.1, 0.15) is 16.1 Å². The maximum atomic E-state index is 12.5. The fraction of sp³-hybridized carbons (Fsp3) is 0.353. The number of nitrogens with two attached hydrogens (primary N) is 1. The highest BCUT2D eigenvalue weighted by Gasteiger charge is 2.18. The molecule has 1 aromatic heterocycles. The third kappa shape index (κ3) is 3.87. The highest BCUT2D eigenvalue weighted by molar-refractivity contribution is 6.04. The quantitative estimate of drug-likeness (QED) is 0.853. The minimum Gasteiger partial charge on any atom is -0.378 e. The minimum absolute atomic E-state index is 0.224. The van der Waals surface area contributed by atoms with Gasteiger partial charge in [0.15, 0.2) is 0 Å². The van der Waals surface area contributed by atoms with Gasteiger partial charge in [-0.3, -0.25) is 4.79 Å². The molecule has 1 aliphatic heterocycles. The Morgan fingerprint density at radius 3 is 2.71 bits per heavy atom. The summed E-state index contributed by atoms with van der Waals surface area (Å²) >= 11 is 0. The summed E-state index contributed by atoms with van der Waals surface area (Å²) in [5.41, 5.74) is 7.55. The van der Waals surface area contributed by atoms with Gasteiger partial charge in [0.05, 0.1) is 24.5 Å². The molecule has 0 spiro atoms. The number of ether oxygens (including phenoxy) is 1. The molecule has 3 rings (SSSR count). The SMILES string of the molecule is NCCc1nc(N2CCOCC2)ncc1C(=O)Nc1ccccc1. The average molecular weight is 327 g/mol. The number of carbonyl (C=O) groups excluding carboxylic acids is 1. The second-order valence-electron chi connectivity index (χ2n) is 5.49. The third-order valence-electron chi connectivity index (χ3n) is 3.81. The molecule has 1 amide bonds. The molecule has 1 aromatic carbocycles. The number of nitrogens with zero attached hydrogens (tertiary/aromatic N) is 3. The summed E-state index contributed by atoms with van der Waals surface area (Å²) in [5.74, 6) is 0.399. The first kappa shape index (κ1) is 16.4. The van der Waals surface area contributed by atoms with Crippen molar-refractivity contribution in [1.82, 2.24) is 9.97 Å². The summed E-state index contributed by atoms with van der Waals surface area (Å²) in [7, 11) is 0. The number of rotatable bonds is 5. The molecule has 0 aliphatic carbocycles. The second-order valence-corrected chi connectivity index (χ2v) is 5.49. The highest BCUT2D eigenvalue weighted by Crippen LogP contribution is 2.16. The Kier molecular flexibility index (Phi) is 5.35. The zero-order valence-corrected chi connectivity index (χ0v) is 13.4. The summed E-state index contributed by atoms with van der Waals surface area (Å²) in [6, 6.07) is 9.31. The molecule has 3 N–H and O–H groups in total. The number of amides is 1. The molecule has 0 bridgehead atoms. The molecule has 0 radical (unpaired) electrons. The van der Waals surface area contributed by atoms with E-state index in [0.29, 0.717) is 43.4 Å². The fourth-order valence-electron chi connectivity index (χ4n) is 2.56. The summed E-state index contributed by atoms with van der Waals surface area (Å²) in [4.78, 5) is 23.5. The number of nitrogens with one attached hydrogen (secondary N) is 1. The predicted molar refractivity (Wildman–Crippen MR) is 92.2 cm³/mol. The summed E-state index contributed by atoms with van der Waals surface area (Å²) < 4.78 is 5.35. The number of benzene rings is 1. The lowest BCUT2D eigenvalue weighted by Gasteiger charge is -2.27. The van der Waals surface area contributed by atoms with Gasteiger partial charge in [-0.2, -0.15) is 0 Å². The molecule has 1 fully saturated rings. The standard InChI is InChI=1S/C17H21N5O2/c18-7-6-15-14(16(23)20-13-4-2-1-3-5-13)12-19-17(21-15)22-8-10-24-11-9-22/h1-5,12H,6-11,18H2,(H,20,23). The number of hydrogen-bond donors (Lipinski definition) is 2. The Bertz CT molecular complexity index is 687. The van der Waals surface area contributed by atoms with Crippen molar-refractivity contribution in [3.05, 3.63) is 47.8 Å². The van der Waals surface area contributed by atoms with Crippen LogP contribution in [0.3, 0.4) is 0 Å². The minimum atomic E-state index is -0.224. The number of para-hydroxylation sites is 1. The van der Waals surface area contributed by atoms with Gasteiger partial charge in [0.2, 0.25) is 5.95 Å². The van der Waals surface area contributed by atoms with Crippen molar-refractivity contribution in [2.45, 2.75) is 6.42 Å². The molecular weight excluding hydrogens is 306 g/mol. The maximum absolute atomic E-state index is 12.5. The van der Waals surface area contributed by atoms with Crippen LogP contribution in [0.15, 0.2) is 36.5 Å². The van der Waals surface area contributed by atoms with Crippen LogP contribution in [-0.2, 0) is 11.2 Å². The topological polar surface area (TPSA) is 93.4 Å². The summed E-state index contributed by atoms with van der Waals surface area (Å²) in [5, 5.41) is 2.86. The molecule has 2 heterocycles. The van der Waals surface area contributed by atoms with Gasteiger partial charge in [0, 0.05) is 31.4 Å². The lowest BCUT2D eigenvalue weighted by molar-refractivity contribution is 0.102. The van der Waals surface area contributed by atoms with Gasteiger partial charge in [-0.05, 0) is 18.7 Å². The molecule has 126 valence electrons. The Hall–Kier alpha value is -2.51. The van der Waals surface area contributed by atoms with E-state index in [9.17, 15) is 4.79 Å². The van der Waals surface area contributed by atoms with Crippen molar-refractivity contribution in [3.63, 3.8) is 0 Å². The molecule has 1 aliphatic rings. The Morgan fingerprint density at radius 2 is 2.00 bits per heavy atom. The molecule has 7 heteroatoms. The zero-order valence-electron chi connectivity index (χ0n) is 13.4. The number of carbonyl (C=O) groups is 1. The van der Waals surface area contributed by atoms with Crippen molar-refractivity contribution >= 4 is 17.5 Å². The second kappa shape index (κ2) is 7.85. The van der Waals surface area contributed by atoms with E-state index in [1.807, 2.05) is 30.3 Å². The first-order chi connectivity index (χ1) is 11.8. The number of aromatic nitrogens is 2. The molecule has 24 heavy (non-hydrogen) atoms. The molecule has 0 unspecified atom stereocenters. The average Bonchev–Trinajstić information content (AvgIpc) is 2.63. The number of anilines is 2. The summed E-state index contributed by atoms with van der Waals surface area (Å²) in [6.07, 6.45) is 2.11. The van der Waals surface area contributed by atoms with Crippen LogP contribution in [0, 0.1) is 0 Å². The Labute approximate surface area is 140 Å². The smallest absolute Gasteiger partial charge is 0.259 e. The van der Waals surface area contributed by atoms with E-state index in [2.05, 4.69) is 20.2 Å². The van der Waals surface area contributed by atoms with Gasteiger partial charge in [-0.25, -0.2) is 9.97 Å². The monoisotopic (exact) mass is 327 g/mol. The lowest BCUT2D eigenvalue weighted by Crippen LogP contribution is -2.37. The van der Waals surface area contributed by atoms with Crippen molar-refractivity contribution in [1.29, 1.82) is 0 Å². The van der Waals surface area contributed by atoms with Gasteiger partial charge in [0.25, 0.3) is 5.91 Å². The maximum Gasteiger partial charge on any atom is 0.259 e. The van der Waals surface area contributed by atoms with Crippen molar-refractivity contribution < 1.29 is 9.53 Å². The zero-order chi connectivity index (χ0) is 16.8. The van der Waals surface area contributed by atoms with Crippen LogP contribution < -0.4 is 16.0 Å². The first-order valence-corrected chi connectivity index (χ1v) is 8.03. The van der Waals surface area contributed by atoms with E-state index < -0.39 is 0 Å². The van der Waals surface area contributed by atoms with E-state index in [4.69, 9.17) is 10.5 Å². The Morgan fingerprint density at radius 1 is 1.25 bits per heavy atom. The predicted octanol–water partition coefficient (Wildman–Crippen LogP) is 1.07. The van der Waals surface area contributed by atoms with Gasteiger partial charge in [-0.15, -0.1) is 0 Å². The highest BCUT2D eigenvalue weighted by atomic mass is 16.5. The van der Waals surface area contributed by atoms with Crippen LogP contribution >= 0.6 is 0 Å². The first-order valence-electron chi connectivity index (χ1n) is 8.03. The van der Waals surface area contributed by atoms with Crippen LogP contribution in [0.5, 0.6) is 0 Å². The molecule has 0 saturated carbocycles. The normalized spacial score (nSPS) is 14.5. The third-order valence-corrected chi connectivity index (χ3v) is 3.81. The lowest BCUT2D eigenvalue weighted by atomic mass is 10.1. The van der Waals surface area contributed by atoms with E-state index in [-0.39, 0.29) is 5.91 Å². The van der Waals surface area contributed by atoms with Gasteiger partial charge in [-0.1, -0.05) is 18.2 Å². The van der Waals surface area contributed by atoms with Gasteiger partial charge in [0.1, 0.15) is 0 Å². The number of hydrogen-bond acceptors (Lipinski definition) is 6. The Balaban J connectivity index is 1.82. The van der Waals surface area contributed by atoms with Crippen LogP contribution in [0.2, 0.25) is 0 Å². The van der Waals surface area contributed by atoms with Crippen LogP contribution in [0.4, 0.5) is 11.6 Å². The molecule has 1 saturated heterocycles. The molecule has 0 atom stereocenters. The van der Waals surface area contributed by atoms with Crippen LogP contribution in [0.25, 0.3) is 0 Å². The van der Waals surface area contributed by atoms with Gasteiger partial charge >= 0.3 is 0 Å². The van der Waals surface area contributed by atoms with E-state index in [0.717, 1.165) is 18.8 Å². The van der Waals surface area contributed by atoms with Crippen LogP contribution in [-0.4, -0.2) is 48.7 Å². The van der Waals surface area contributed by atoms with Crippen molar-refractivity contribution in [2.24, 2.45) is 5.73 Å². The summed E-state index contributed by atoms with van der Waals surface area (Å²) in [6.45, 7) is 3.23. The fourth-order valence-corrected chi connectivity index (χ4v) is 2.56. The van der Waals surface area contributed by atoms with E-state index in [1.165, 1.54) is 0 Å². The molecule has 2 aromatic rings. The van der Waals surface area contributed by atoms with Gasteiger partial charge < -0.3 is 20.7 Å². The van der Waals surface area contributed by atoms with Crippen molar-refractivity contribution in [2.75, 3.05) is 43.1 Å². The largest absolute Gasteiger partial charge is 0.378 e. The van der Waals surface area contributed by atoms with E-state index >= 15 is 0 Å². The molecule has 7 nitrogen and oxygen atoms in total. The van der Waals surface area contributed by atoms with E-state index in [1.54, 1.807) is 6.20 Å².